The molecule has 5 heteroatoms. The molecule has 1 aliphatic rings. The van der Waals surface area contributed by atoms with Crippen molar-refractivity contribution in [1.29, 1.82) is 0 Å². The lowest BCUT2D eigenvalue weighted by atomic mass is 10.0. The van der Waals surface area contributed by atoms with E-state index in [4.69, 9.17) is 0 Å². The molecular formula is C15H17NO3S. The van der Waals surface area contributed by atoms with Crippen molar-refractivity contribution in [2.24, 2.45) is 0 Å². The molecule has 1 unspecified atom stereocenters. The van der Waals surface area contributed by atoms with Gasteiger partial charge in [-0.05, 0) is 48.9 Å². The van der Waals surface area contributed by atoms with Crippen molar-refractivity contribution in [1.82, 2.24) is 4.90 Å². The Morgan fingerprint density at radius 3 is 2.65 bits per heavy atom. The predicted octanol–water partition coefficient (Wildman–Crippen LogP) is 2.65. The lowest BCUT2D eigenvalue weighted by Crippen LogP contribution is -2.44. The molecule has 0 aliphatic carbocycles. The molecule has 1 heterocycles. The third kappa shape index (κ3) is 2.72. The summed E-state index contributed by atoms with van der Waals surface area (Å²) in [5, 5.41) is 11.1. The summed E-state index contributed by atoms with van der Waals surface area (Å²) < 4.78 is 0. The van der Waals surface area contributed by atoms with Crippen LogP contribution in [-0.4, -0.2) is 33.7 Å². The third-order valence-corrected chi connectivity index (χ3v) is 4.28. The Labute approximate surface area is 122 Å². The number of thioether (sulfide) groups is 1. The number of carbonyl (C=O) groups excluding carboxylic acids is 1. The lowest BCUT2D eigenvalue weighted by Gasteiger charge is -2.31. The number of nitrogens with zero attached hydrogens (tertiary/aromatic N) is 1. The van der Waals surface area contributed by atoms with Crippen molar-refractivity contribution in [3.63, 3.8) is 0 Å². The average molecular weight is 291 g/mol. The van der Waals surface area contributed by atoms with Gasteiger partial charge in [-0.15, -0.1) is 11.8 Å². The smallest absolute Gasteiger partial charge is 0.326 e. The first-order chi connectivity index (χ1) is 9.41. The summed E-state index contributed by atoms with van der Waals surface area (Å²) in [4.78, 5) is 24.7. The average Bonchev–Trinajstić information content (AvgIpc) is 2.40. The topological polar surface area (TPSA) is 57.6 Å². The SMILES string of the molecule is Cc1ccc(C2=CSCC(=O)N2C(C)C(=O)O)cc1C. The first-order valence-electron chi connectivity index (χ1n) is 6.36. The number of amides is 1. The van der Waals surface area contributed by atoms with Crippen LogP contribution < -0.4 is 0 Å². The van der Waals surface area contributed by atoms with Gasteiger partial charge in [0, 0.05) is 0 Å². The second kappa shape index (κ2) is 5.71. The summed E-state index contributed by atoms with van der Waals surface area (Å²) in [5.41, 5.74) is 3.84. The van der Waals surface area contributed by atoms with Crippen molar-refractivity contribution in [3.8, 4) is 0 Å². The van der Waals surface area contributed by atoms with Crippen LogP contribution in [0.15, 0.2) is 23.6 Å². The first-order valence-corrected chi connectivity index (χ1v) is 7.41. The number of aryl methyl sites for hydroxylation is 2. The molecule has 0 fully saturated rings. The number of rotatable bonds is 3. The highest BCUT2D eigenvalue weighted by molar-refractivity contribution is 8.03. The van der Waals surface area contributed by atoms with E-state index >= 15 is 0 Å². The molecule has 1 amide bonds. The van der Waals surface area contributed by atoms with Crippen LogP contribution in [0.5, 0.6) is 0 Å². The zero-order chi connectivity index (χ0) is 14.9. The standard InChI is InChI=1S/C15H17NO3S/c1-9-4-5-12(6-10(9)2)13-7-20-8-14(17)16(13)11(3)15(18)19/h4-7,11H,8H2,1-3H3,(H,18,19). The fourth-order valence-corrected chi connectivity index (χ4v) is 2.87. The summed E-state index contributed by atoms with van der Waals surface area (Å²) in [6, 6.07) is 5.03. The van der Waals surface area contributed by atoms with Gasteiger partial charge in [0.2, 0.25) is 5.91 Å². The maximum Gasteiger partial charge on any atom is 0.326 e. The summed E-state index contributed by atoms with van der Waals surface area (Å²) in [6.07, 6.45) is 0. The van der Waals surface area contributed by atoms with Gasteiger partial charge in [0.15, 0.2) is 0 Å². The van der Waals surface area contributed by atoms with Crippen LogP contribution in [0.1, 0.15) is 23.6 Å². The first kappa shape index (κ1) is 14.7. The summed E-state index contributed by atoms with van der Waals surface area (Å²) >= 11 is 1.40. The van der Waals surface area contributed by atoms with E-state index in [-0.39, 0.29) is 11.7 Å². The second-order valence-electron chi connectivity index (χ2n) is 4.89. The highest BCUT2D eigenvalue weighted by Gasteiger charge is 2.31. The van der Waals surface area contributed by atoms with Gasteiger partial charge < -0.3 is 5.11 Å². The van der Waals surface area contributed by atoms with Crippen molar-refractivity contribution in [2.45, 2.75) is 26.8 Å². The molecule has 1 aromatic carbocycles. The molecule has 20 heavy (non-hydrogen) atoms. The molecule has 0 saturated heterocycles. The highest BCUT2D eigenvalue weighted by Crippen LogP contribution is 2.31. The van der Waals surface area contributed by atoms with Crippen molar-refractivity contribution in [3.05, 3.63) is 40.3 Å². The summed E-state index contributed by atoms with van der Waals surface area (Å²) in [6.45, 7) is 5.55. The molecule has 0 radical (unpaired) electrons. The van der Waals surface area contributed by atoms with Gasteiger partial charge in [0.05, 0.1) is 11.4 Å². The number of carboxylic acid groups (broad SMARTS) is 1. The molecule has 0 spiro atoms. The van der Waals surface area contributed by atoms with E-state index < -0.39 is 12.0 Å². The molecule has 0 aromatic heterocycles. The Morgan fingerprint density at radius 1 is 1.35 bits per heavy atom. The third-order valence-electron chi connectivity index (χ3n) is 3.48. The number of hydrogen-bond acceptors (Lipinski definition) is 3. The lowest BCUT2D eigenvalue weighted by molar-refractivity contribution is -0.145. The van der Waals surface area contributed by atoms with Crippen molar-refractivity contribution in [2.75, 3.05) is 5.75 Å². The second-order valence-corrected chi connectivity index (χ2v) is 5.75. The van der Waals surface area contributed by atoms with Crippen LogP contribution in [0, 0.1) is 13.8 Å². The summed E-state index contributed by atoms with van der Waals surface area (Å²) in [7, 11) is 0. The van der Waals surface area contributed by atoms with Crippen molar-refractivity contribution >= 4 is 29.3 Å². The fourth-order valence-electron chi connectivity index (χ4n) is 2.10. The molecule has 106 valence electrons. The Kier molecular flexibility index (Phi) is 4.18. The van der Waals surface area contributed by atoms with Crippen LogP contribution in [0.25, 0.3) is 5.70 Å². The largest absolute Gasteiger partial charge is 0.480 e. The number of carbonyl (C=O) groups is 2. The number of hydrogen-bond donors (Lipinski definition) is 1. The zero-order valence-electron chi connectivity index (χ0n) is 11.7. The van der Waals surface area contributed by atoms with Gasteiger partial charge in [-0.2, -0.15) is 0 Å². The van der Waals surface area contributed by atoms with Gasteiger partial charge in [-0.3, -0.25) is 9.69 Å². The number of aliphatic carboxylic acids is 1. The van der Waals surface area contributed by atoms with E-state index in [2.05, 4.69) is 0 Å². The Morgan fingerprint density at radius 2 is 2.05 bits per heavy atom. The quantitative estimate of drug-likeness (QED) is 0.930. The van der Waals surface area contributed by atoms with Crippen LogP contribution in [0.3, 0.4) is 0 Å². The summed E-state index contributed by atoms with van der Waals surface area (Å²) in [5.74, 6) is -0.882. The molecule has 0 bridgehead atoms. The van der Waals surface area contributed by atoms with E-state index in [1.54, 1.807) is 0 Å². The molecule has 1 aromatic rings. The maximum absolute atomic E-state index is 12.1. The van der Waals surface area contributed by atoms with Gasteiger partial charge in [-0.25, -0.2) is 4.79 Å². The Bertz CT molecular complexity index is 595. The highest BCUT2D eigenvalue weighted by atomic mass is 32.2. The normalized spacial score (nSPS) is 16.9. The molecule has 1 atom stereocenters. The van der Waals surface area contributed by atoms with Gasteiger partial charge in [-0.1, -0.05) is 12.1 Å². The van der Waals surface area contributed by atoms with E-state index in [9.17, 15) is 14.7 Å². The molecule has 1 aliphatic heterocycles. The molecule has 0 saturated carbocycles. The van der Waals surface area contributed by atoms with E-state index in [0.29, 0.717) is 5.70 Å². The minimum atomic E-state index is -1.00. The molecule has 1 N–H and O–H groups in total. The van der Waals surface area contributed by atoms with E-state index in [1.165, 1.54) is 29.1 Å². The van der Waals surface area contributed by atoms with Gasteiger partial charge in [0.1, 0.15) is 6.04 Å². The Balaban J connectivity index is 2.45. The Hall–Kier alpha value is -1.75. The number of benzene rings is 1. The molecule has 2 rings (SSSR count). The van der Waals surface area contributed by atoms with Crippen LogP contribution in [0.4, 0.5) is 0 Å². The minimum absolute atomic E-state index is 0.166. The van der Waals surface area contributed by atoms with Crippen molar-refractivity contribution < 1.29 is 14.7 Å². The van der Waals surface area contributed by atoms with Crippen LogP contribution in [-0.2, 0) is 9.59 Å². The fraction of sp³-hybridized carbons (Fsp3) is 0.333. The molecular weight excluding hydrogens is 274 g/mol. The van der Waals surface area contributed by atoms with E-state index in [1.807, 2.05) is 37.5 Å². The molecule has 4 nitrogen and oxygen atoms in total. The predicted molar refractivity (Wildman–Crippen MR) is 80.3 cm³/mol. The van der Waals surface area contributed by atoms with Crippen LogP contribution in [0.2, 0.25) is 0 Å². The van der Waals surface area contributed by atoms with Gasteiger partial charge >= 0.3 is 5.97 Å². The number of carboxylic acids is 1. The maximum atomic E-state index is 12.1. The zero-order valence-corrected chi connectivity index (χ0v) is 12.5. The monoisotopic (exact) mass is 291 g/mol. The van der Waals surface area contributed by atoms with Gasteiger partial charge in [0.25, 0.3) is 0 Å². The van der Waals surface area contributed by atoms with E-state index in [0.717, 1.165) is 11.1 Å². The van der Waals surface area contributed by atoms with Crippen LogP contribution >= 0.6 is 11.8 Å². The minimum Gasteiger partial charge on any atom is -0.480 e.